The molecule has 0 aliphatic carbocycles. The highest BCUT2D eigenvalue weighted by molar-refractivity contribution is 6.34. The maximum Gasteiger partial charge on any atom is 0.344 e. The third-order valence-electron chi connectivity index (χ3n) is 4.39. The molecule has 0 N–H and O–H groups in total. The quantitative estimate of drug-likeness (QED) is 0.360. The van der Waals surface area contributed by atoms with E-state index in [4.69, 9.17) is 27.6 Å². The van der Waals surface area contributed by atoms with E-state index in [2.05, 4.69) is 0 Å². The van der Waals surface area contributed by atoms with E-state index in [0.717, 1.165) is 22.1 Å². The second kappa shape index (κ2) is 6.64. The Morgan fingerprint density at radius 2 is 1.50 bits per heavy atom. The van der Waals surface area contributed by atoms with E-state index < -0.39 is 5.63 Å². The molecule has 0 fully saturated rings. The molecule has 4 aromatic rings. The van der Waals surface area contributed by atoms with Gasteiger partial charge in [-0.1, -0.05) is 71.7 Å². The van der Waals surface area contributed by atoms with Gasteiger partial charge in [0.2, 0.25) is 0 Å². The molecule has 0 radical (unpaired) electrons. The van der Waals surface area contributed by atoms with Crippen molar-refractivity contribution in [3.63, 3.8) is 0 Å². The molecule has 128 valence electrons. The summed E-state index contributed by atoms with van der Waals surface area (Å²) in [4.78, 5) is 12.9. The second-order valence-electron chi connectivity index (χ2n) is 6.08. The van der Waals surface area contributed by atoms with Crippen LogP contribution in [0.2, 0.25) is 10.0 Å². The molecule has 0 saturated heterocycles. The number of hydrogen-bond acceptors (Lipinski definition) is 2. The van der Waals surface area contributed by atoms with Crippen LogP contribution in [0.25, 0.3) is 33.2 Å². The Bertz CT molecular complexity index is 1180. The maximum atomic E-state index is 12.9. The maximum absolute atomic E-state index is 12.9. The number of fused-ring (bicyclic) bond motifs is 1. The van der Waals surface area contributed by atoms with Crippen LogP contribution in [0.5, 0.6) is 0 Å². The fourth-order valence-corrected chi connectivity index (χ4v) is 3.53. The summed E-state index contributed by atoms with van der Waals surface area (Å²) >= 11 is 12.8. The Labute approximate surface area is 160 Å². The van der Waals surface area contributed by atoms with Crippen molar-refractivity contribution in [2.45, 2.75) is 6.92 Å². The Morgan fingerprint density at radius 3 is 2.23 bits per heavy atom. The van der Waals surface area contributed by atoms with Crippen LogP contribution in [-0.2, 0) is 0 Å². The molecule has 4 rings (SSSR count). The van der Waals surface area contributed by atoms with Crippen molar-refractivity contribution in [1.82, 2.24) is 0 Å². The monoisotopic (exact) mass is 380 g/mol. The SMILES string of the molecule is Cc1cc2oc(=O)c(-c3ccccc3Cl)c(-c3ccccc3)c2cc1Cl. The number of rotatable bonds is 2. The lowest BCUT2D eigenvalue weighted by Crippen LogP contribution is -2.06. The van der Waals surface area contributed by atoms with Crippen LogP contribution in [0.15, 0.2) is 75.9 Å². The number of hydrogen-bond donors (Lipinski definition) is 0. The summed E-state index contributed by atoms with van der Waals surface area (Å²) in [5.41, 5.74) is 3.69. The third kappa shape index (κ3) is 2.82. The largest absolute Gasteiger partial charge is 0.422 e. The van der Waals surface area contributed by atoms with Crippen LogP contribution < -0.4 is 5.63 Å². The van der Waals surface area contributed by atoms with E-state index in [-0.39, 0.29) is 0 Å². The van der Waals surface area contributed by atoms with Crippen LogP contribution in [0.1, 0.15) is 5.56 Å². The topological polar surface area (TPSA) is 30.2 Å². The highest BCUT2D eigenvalue weighted by atomic mass is 35.5. The zero-order valence-corrected chi connectivity index (χ0v) is 15.4. The average Bonchev–Trinajstić information content (AvgIpc) is 2.64. The van der Waals surface area contributed by atoms with E-state index in [9.17, 15) is 4.79 Å². The van der Waals surface area contributed by atoms with E-state index >= 15 is 0 Å². The summed E-state index contributed by atoms with van der Waals surface area (Å²) in [6.07, 6.45) is 0. The van der Waals surface area contributed by atoms with Gasteiger partial charge in [-0.25, -0.2) is 4.79 Å². The highest BCUT2D eigenvalue weighted by Gasteiger charge is 2.20. The summed E-state index contributed by atoms with van der Waals surface area (Å²) in [5.74, 6) is 0. The minimum atomic E-state index is -0.425. The predicted molar refractivity (Wildman–Crippen MR) is 108 cm³/mol. The van der Waals surface area contributed by atoms with Crippen LogP contribution >= 0.6 is 23.2 Å². The first-order chi connectivity index (χ1) is 12.6. The fraction of sp³-hybridized carbons (Fsp3) is 0.0455. The van der Waals surface area contributed by atoms with Gasteiger partial charge in [-0.15, -0.1) is 0 Å². The molecule has 0 spiro atoms. The van der Waals surface area contributed by atoms with Gasteiger partial charge in [-0.05, 0) is 36.2 Å². The molecule has 0 unspecified atom stereocenters. The van der Waals surface area contributed by atoms with E-state index in [1.807, 2.05) is 61.5 Å². The van der Waals surface area contributed by atoms with Crippen LogP contribution in [-0.4, -0.2) is 0 Å². The minimum absolute atomic E-state index is 0.425. The van der Waals surface area contributed by atoms with Gasteiger partial charge in [-0.2, -0.15) is 0 Å². The molecule has 0 amide bonds. The molecule has 0 atom stereocenters. The van der Waals surface area contributed by atoms with Crippen LogP contribution in [0.4, 0.5) is 0 Å². The Morgan fingerprint density at radius 1 is 0.808 bits per heavy atom. The molecule has 0 saturated carbocycles. The summed E-state index contributed by atoms with van der Waals surface area (Å²) in [7, 11) is 0. The Balaban J connectivity index is 2.22. The van der Waals surface area contributed by atoms with Crippen molar-refractivity contribution >= 4 is 34.2 Å². The average molecular weight is 381 g/mol. The zero-order chi connectivity index (χ0) is 18.3. The van der Waals surface area contributed by atoms with Gasteiger partial charge in [0.05, 0.1) is 5.56 Å². The fourth-order valence-electron chi connectivity index (χ4n) is 3.14. The molecule has 3 aromatic carbocycles. The van der Waals surface area contributed by atoms with Crippen LogP contribution in [0.3, 0.4) is 0 Å². The van der Waals surface area contributed by atoms with Gasteiger partial charge in [-0.3, -0.25) is 0 Å². The van der Waals surface area contributed by atoms with Gasteiger partial charge in [0.25, 0.3) is 0 Å². The normalized spacial score (nSPS) is 11.0. The first-order valence-electron chi connectivity index (χ1n) is 8.13. The van der Waals surface area contributed by atoms with Crippen molar-refractivity contribution in [3.8, 4) is 22.3 Å². The first kappa shape index (κ1) is 16.9. The molecule has 0 aliphatic rings. The lowest BCUT2D eigenvalue weighted by Gasteiger charge is -2.14. The summed E-state index contributed by atoms with van der Waals surface area (Å²) < 4.78 is 5.63. The highest BCUT2D eigenvalue weighted by Crippen LogP contribution is 2.39. The molecule has 4 heteroatoms. The Hall–Kier alpha value is -2.55. The zero-order valence-electron chi connectivity index (χ0n) is 13.9. The van der Waals surface area contributed by atoms with E-state index in [1.54, 1.807) is 12.1 Å². The molecule has 1 heterocycles. The number of benzene rings is 3. The lowest BCUT2D eigenvalue weighted by atomic mass is 9.92. The molecular weight excluding hydrogens is 367 g/mol. The van der Waals surface area contributed by atoms with Crippen molar-refractivity contribution in [2.75, 3.05) is 0 Å². The molecule has 1 aromatic heterocycles. The second-order valence-corrected chi connectivity index (χ2v) is 6.90. The minimum Gasteiger partial charge on any atom is -0.422 e. The molecule has 0 bridgehead atoms. The molecule has 26 heavy (non-hydrogen) atoms. The van der Waals surface area contributed by atoms with Gasteiger partial charge in [0.15, 0.2) is 0 Å². The molecular formula is C22H14Cl2O2. The van der Waals surface area contributed by atoms with Crippen molar-refractivity contribution < 1.29 is 4.42 Å². The van der Waals surface area contributed by atoms with Gasteiger partial charge >= 0.3 is 5.63 Å². The molecule has 0 aliphatic heterocycles. The third-order valence-corrected chi connectivity index (χ3v) is 5.13. The van der Waals surface area contributed by atoms with E-state index in [0.29, 0.717) is 26.8 Å². The van der Waals surface area contributed by atoms with Gasteiger partial charge in [0.1, 0.15) is 5.58 Å². The first-order valence-corrected chi connectivity index (χ1v) is 8.89. The summed E-state index contributed by atoms with van der Waals surface area (Å²) in [6.45, 7) is 1.88. The van der Waals surface area contributed by atoms with Crippen molar-refractivity contribution in [1.29, 1.82) is 0 Å². The van der Waals surface area contributed by atoms with Crippen molar-refractivity contribution in [3.05, 3.63) is 92.8 Å². The van der Waals surface area contributed by atoms with Crippen LogP contribution in [0, 0.1) is 6.92 Å². The lowest BCUT2D eigenvalue weighted by molar-refractivity contribution is 0.564. The summed E-state index contributed by atoms with van der Waals surface area (Å²) in [5, 5.41) is 1.89. The van der Waals surface area contributed by atoms with Gasteiger partial charge < -0.3 is 4.42 Å². The summed E-state index contributed by atoms with van der Waals surface area (Å²) in [6, 6.07) is 20.6. The predicted octanol–water partition coefficient (Wildman–Crippen LogP) is 6.74. The van der Waals surface area contributed by atoms with Crippen molar-refractivity contribution in [2.24, 2.45) is 0 Å². The smallest absolute Gasteiger partial charge is 0.344 e. The van der Waals surface area contributed by atoms with Gasteiger partial charge in [0, 0.05) is 26.6 Å². The Kier molecular flexibility index (Phi) is 4.31. The standard InChI is InChI=1S/C22H14Cl2O2/c1-13-11-19-16(12-18(13)24)20(14-7-3-2-4-8-14)21(22(25)26-19)15-9-5-6-10-17(15)23/h2-12H,1H3. The van der Waals surface area contributed by atoms with E-state index in [1.165, 1.54) is 0 Å². The number of halogens is 2. The number of aryl methyl sites for hydroxylation is 1. The molecule has 2 nitrogen and oxygen atoms in total.